The van der Waals surface area contributed by atoms with E-state index in [1.54, 1.807) is 12.0 Å². The predicted molar refractivity (Wildman–Crippen MR) is 103 cm³/mol. The maximum atomic E-state index is 13.0. The molecule has 1 aromatic heterocycles. The molecule has 1 fully saturated rings. The van der Waals surface area contributed by atoms with Crippen molar-refractivity contribution < 1.29 is 17.9 Å². The SMILES string of the molecule is COc1ccc2nc(C)c(C(=O)N3CCN(S(=O)(=O)N(C)C)CC3)cc2c1. The third-order valence-electron chi connectivity index (χ3n) is 4.76. The van der Waals surface area contributed by atoms with E-state index >= 15 is 0 Å². The maximum absolute atomic E-state index is 13.0. The van der Waals surface area contributed by atoms with Crippen molar-refractivity contribution in [2.24, 2.45) is 0 Å². The second kappa shape index (κ2) is 7.41. The van der Waals surface area contributed by atoms with Crippen molar-refractivity contribution in [2.45, 2.75) is 6.92 Å². The minimum Gasteiger partial charge on any atom is -0.497 e. The van der Waals surface area contributed by atoms with Gasteiger partial charge in [-0.3, -0.25) is 9.78 Å². The number of hydrogen-bond acceptors (Lipinski definition) is 5. The minimum absolute atomic E-state index is 0.133. The number of carbonyl (C=O) groups excluding carboxylic acids is 1. The number of fused-ring (bicyclic) bond motifs is 1. The van der Waals surface area contributed by atoms with E-state index in [9.17, 15) is 13.2 Å². The van der Waals surface area contributed by atoms with E-state index in [0.29, 0.717) is 30.1 Å². The molecule has 146 valence electrons. The standard InChI is InChI=1S/C18H24N4O4S/c1-13-16(12-14-11-15(26-4)5-6-17(14)19-13)18(23)21-7-9-22(10-8-21)27(24,25)20(2)3/h5-6,11-12H,7-10H2,1-4H3. The first-order chi connectivity index (χ1) is 12.7. The van der Waals surface area contributed by atoms with Crippen molar-refractivity contribution in [3.05, 3.63) is 35.5 Å². The van der Waals surface area contributed by atoms with Crippen LogP contribution in [0.2, 0.25) is 0 Å². The van der Waals surface area contributed by atoms with Crippen molar-refractivity contribution in [3.8, 4) is 5.75 Å². The van der Waals surface area contributed by atoms with Crippen LogP contribution in [0.3, 0.4) is 0 Å². The smallest absolute Gasteiger partial charge is 0.281 e. The lowest BCUT2D eigenvalue weighted by atomic mass is 10.1. The summed E-state index contributed by atoms with van der Waals surface area (Å²) in [4.78, 5) is 19.2. The highest BCUT2D eigenvalue weighted by Gasteiger charge is 2.31. The Labute approximate surface area is 159 Å². The number of ether oxygens (including phenoxy) is 1. The molecular weight excluding hydrogens is 368 g/mol. The number of benzene rings is 1. The average Bonchev–Trinajstić information content (AvgIpc) is 2.66. The van der Waals surface area contributed by atoms with Gasteiger partial charge in [-0.2, -0.15) is 17.0 Å². The monoisotopic (exact) mass is 392 g/mol. The van der Waals surface area contributed by atoms with Gasteiger partial charge in [-0.15, -0.1) is 0 Å². The zero-order chi connectivity index (χ0) is 19.8. The van der Waals surface area contributed by atoms with Crippen LogP contribution in [0.5, 0.6) is 5.75 Å². The van der Waals surface area contributed by atoms with Crippen molar-refractivity contribution in [2.75, 3.05) is 47.4 Å². The molecule has 2 heterocycles. The molecule has 2 aromatic rings. The molecule has 0 unspecified atom stereocenters. The van der Waals surface area contributed by atoms with Crippen LogP contribution < -0.4 is 4.74 Å². The van der Waals surface area contributed by atoms with E-state index in [0.717, 1.165) is 10.9 Å². The number of piperazine rings is 1. The summed E-state index contributed by atoms with van der Waals surface area (Å²) in [6.45, 7) is 3.06. The molecule has 0 aliphatic carbocycles. The summed E-state index contributed by atoms with van der Waals surface area (Å²) in [5, 5.41) is 0.831. The lowest BCUT2D eigenvalue weighted by Gasteiger charge is -2.35. The number of nitrogens with zero attached hydrogens (tertiary/aromatic N) is 4. The third-order valence-corrected chi connectivity index (χ3v) is 6.70. The van der Waals surface area contributed by atoms with Crippen molar-refractivity contribution in [1.82, 2.24) is 18.5 Å². The molecule has 3 rings (SSSR count). The van der Waals surface area contributed by atoms with Crippen molar-refractivity contribution in [1.29, 1.82) is 0 Å². The Morgan fingerprint density at radius 2 is 1.81 bits per heavy atom. The van der Waals surface area contributed by atoms with Crippen LogP contribution in [-0.4, -0.2) is 80.2 Å². The van der Waals surface area contributed by atoms with Gasteiger partial charge in [0, 0.05) is 45.7 Å². The second-order valence-electron chi connectivity index (χ2n) is 6.66. The van der Waals surface area contributed by atoms with E-state index < -0.39 is 10.2 Å². The molecule has 0 N–H and O–H groups in total. The topological polar surface area (TPSA) is 83.0 Å². The lowest BCUT2D eigenvalue weighted by Crippen LogP contribution is -2.53. The van der Waals surface area contributed by atoms with Crippen molar-refractivity contribution in [3.63, 3.8) is 0 Å². The van der Waals surface area contributed by atoms with Gasteiger partial charge in [0.2, 0.25) is 0 Å². The molecule has 0 saturated carbocycles. The fraction of sp³-hybridized carbons (Fsp3) is 0.444. The van der Waals surface area contributed by atoms with Gasteiger partial charge in [-0.1, -0.05) is 0 Å². The number of amides is 1. The first kappa shape index (κ1) is 19.5. The van der Waals surface area contributed by atoms with Gasteiger partial charge < -0.3 is 9.64 Å². The molecule has 1 aromatic carbocycles. The summed E-state index contributed by atoms with van der Waals surface area (Å²) < 4.78 is 32.3. The highest BCUT2D eigenvalue weighted by atomic mass is 32.2. The summed E-state index contributed by atoms with van der Waals surface area (Å²) >= 11 is 0. The van der Waals surface area contributed by atoms with E-state index in [-0.39, 0.29) is 19.0 Å². The first-order valence-electron chi connectivity index (χ1n) is 8.66. The molecule has 27 heavy (non-hydrogen) atoms. The highest BCUT2D eigenvalue weighted by Crippen LogP contribution is 2.23. The Hall–Kier alpha value is -2.23. The lowest BCUT2D eigenvalue weighted by molar-refractivity contribution is 0.0694. The Bertz CT molecular complexity index is 967. The van der Waals surface area contributed by atoms with Crippen molar-refractivity contribution >= 4 is 27.0 Å². The normalized spacial score (nSPS) is 16.1. The number of aromatic nitrogens is 1. The molecule has 0 radical (unpaired) electrons. The van der Waals surface area contributed by atoms with Crippen LogP contribution in [-0.2, 0) is 10.2 Å². The molecule has 1 aliphatic rings. The largest absolute Gasteiger partial charge is 0.497 e. The van der Waals surface area contributed by atoms with E-state index in [2.05, 4.69) is 4.98 Å². The molecule has 1 saturated heterocycles. The number of pyridine rings is 1. The third kappa shape index (κ3) is 3.76. The Morgan fingerprint density at radius 1 is 1.15 bits per heavy atom. The Kier molecular flexibility index (Phi) is 5.36. The molecule has 0 atom stereocenters. The van der Waals surface area contributed by atoms with E-state index in [1.165, 1.54) is 22.7 Å². The van der Waals surface area contributed by atoms with Crippen LogP contribution in [0.4, 0.5) is 0 Å². The summed E-state index contributed by atoms with van der Waals surface area (Å²) in [5.74, 6) is 0.570. The maximum Gasteiger partial charge on any atom is 0.281 e. The summed E-state index contributed by atoms with van der Waals surface area (Å²) in [6, 6.07) is 7.37. The van der Waals surface area contributed by atoms with Gasteiger partial charge in [-0.05, 0) is 31.2 Å². The molecular formula is C18H24N4O4S. The Morgan fingerprint density at radius 3 is 2.41 bits per heavy atom. The molecule has 0 bridgehead atoms. The molecule has 8 nitrogen and oxygen atoms in total. The zero-order valence-electron chi connectivity index (χ0n) is 16.0. The van der Waals surface area contributed by atoms with Gasteiger partial charge in [0.15, 0.2) is 0 Å². The summed E-state index contributed by atoms with van der Waals surface area (Å²) in [5.41, 5.74) is 1.98. The molecule has 1 amide bonds. The quantitative estimate of drug-likeness (QED) is 0.779. The fourth-order valence-electron chi connectivity index (χ4n) is 3.12. The zero-order valence-corrected chi connectivity index (χ0v) is 16.8. The second-order valence-corrected chi connectivity index (χ2v) is 8.80. The molecule has 9 heteroatoms. The minimum atomic E-state index is -3.46. The fourth-order valence-corrected chi connectivity index (χ4v) is 4.20. The number of carbonyl (C=O) groups is 1. The Balaban J connectivity index is 1.81. The van der Waals surface area contributed by atoms with Crippen LogP contribution in [0.15, 0.2) is 24.3 Å². The van der Waals surface area contributed by atoms with Crippen LogP contribution in [0.25, 0.3) is 10.9 Å². The van der Waals surface area contributed by atoms with Crippen LogP contribution >= 0.6 is 0 Å². The number of rotatable bonds is 4. The van der Waals surface area contributed by atoms with Gasteiger partial charge in [0.05, 0.1) is 23.9 Å². The van der Waals surface area contributed by atoms with Gasteiger partial charge in [0.25, 0.3) is 16.1 Å². The molecule has 0 spiro atoms. The number of aryl methyl sites for hydroxylation is 1. The summed E-state index contributed by atoms with van der Waals surface area (Å²) in [7, 11) is 1.15. The van der Waals surface area contributed by atoms with E-state index in [4.69, 9.17) is 4.74 Å². The van der Waals surface area contributed by atoms with Gasteiger partial charge >= 0.3 is 0 Å². The highest BCUT2D eigenvalue weighted by molar-refractivity contribution is 7.86. The van der Waals surface area contributed by atoms with E-state index in [1.807, 2.05) is 31.2 Å². The summed E-state index contributed by atoms with van der Waals surface area (Å²) in [6.07, 6.45) is 0. The van der Waals surface area contributed by atoms with Gasteiger partial charge in [0.1, 0.15) is 5.75 Å². The van der Waals surface area contributed by atoms with Gasteiger partial charge in [-0.25, -0.2) is 0 Å². The van der Waals surface area contributed by atoms with Crippen LogP contribution in [0.1, 0.15) is 16.1 Å². The number of hydrogen-bond donors (Lipinski definition) is 0. The molecule has 1 aliphatic heterocycles. The number of methoxy groups -OCH3 is 1. The van der Waals surface area contributed by atoms with Crippen LogP contribution in [0, 0.1) is 6.92 Å². The average molecular weight is 392 g/mol. The predicted octanol–water partition coefficient (Wildman–Crippen LogP) is 1.12. The first-order valence-corrected chi connectivity index (χ1v) is 10.1.